The van der Waals surface area contributed by atoms with Gasteiger partial charge in [-0.1, -0.05) is 45.9 Å². The van der Waals surface area contributed by atoms with E-state index < -0.39 is 0 Å². The van der Waals surface area contributed by atoms with Crippen LogP contribution in [0.1, 0.15) is 25.8 Å². The summed E-state index contributed by atoms with van der Waals surface area (Å²) in [5.41, 5.74) is 2.09. The predicted octanol–water partition coefficient (Wildman–Crippen LogP) is 4.49. The summed E-state index contributed by atoms with van der Waals surface area (Å²) in [6.45, 7) is 5.63. The lowest BCUT2D eigenvalue weighted by Crippen LogP contribution is -2.16. The van der Waals surface area contributed by atoms with E-state index in [0.29, 0.717) is 0 Å². The first-order valence-electron chi connectivity index (χ1n) is 9.79. The minimum absolute atomic E-state index is 0.0927. The molecule has 0 spiro atoms. The van der Waals surface area contributed by atoms with Crippen molar-refractivity contribution in [3.63, 3.8) is 0 Å². The molecule has 30 heavy (non-hydrogen) atoms. The summed E-state index contributed by atoms with van der Waals surface area (Å²) in [5.74, 6) is 2.41. The lowest BCUT2D eigenvalue weighted by molar-refractivity contribution is 0.230. The molecule has 0 atom stereocenters. The predicted molar refractivity (Wildman–Crippen MR) is 123 cm³/mol. The third-order valence-electron chi connectivity index (χ3n) is 4.18. The van der Waals surface area contributed by atoms with Gasteiger partial charge in [-0.3, -0.25) is 0 Å². The molecule has 1 heterocycles. The van der Waals surface area contributed by atoms with E-state index in [4.69, 9.17) is 9.47 Å². The Morgan fingerprint density at radius 2 is 1.97 bits per heavy atom. The number of tetrazole rings is 1. The molecular weight excluding hydrogens is 466 g/mol. The largest absolute Gasteiger partial charge is 0.493 e. The smallest absolute Gasteiger partial charge is 0.214 e. The van der Waals surface area contributed by atoms with Gasteiger partial charge in [0.25, 0.3) is 0 Å². The molecular formula is C21H26BrN5O2S. The van der Waals surface area contributed by atoms with Gasteiger partial charge in [0.15, 0.2) is 11.5 Å². The van der Waals surface area contributed by atoms with Crippen LogP contribution in [0.3, 0.4) is 0 Å². The molecule has 1 aromatic heterocycles. The molecule has 1 N–H and O–H groups in total. The number of ether oxygens (including phenoxy) is 2. The Kier molecular flexibility index (Phi) is 8.53. The summed E-state index contributed by atoms with van der Waals surface area (Å²) in [5, 5.41) is 16.3. The number of aromatic nitrogens is 4. The summed E-state index contributed by atoms with van der Waals surface area (Å²) in [4.78, 5) is 0. The van der Waals surface area contributed by atoms with E-state index in [0.717, 1.165) is 57.6 Å². The molecule has 3 aromatic rings. The van der Waals surface area contributed by atoms with Gasteiger partial charge in [-0.15, -0.1) is 5.10 Å². The zero-order valence-electron chi connectivity index (χ0n) is 17.3. The number of methoxy groups -OCH3 is 1. The van der Waals surface area contributed by atoms with Crippen LogP contribution < -0.4 is 14.8 Å². The quantitative estimate of drug-likeness (QED) is 0.312. The van der Waals surface area contributed by atoms with Crippen LogP contribution in [0.5, 0.6) is 11.5 Å². The maximum atomic E-state index is 5.81. The Morgan fingerprint density at radius 3 is 2.70 bits per heavy atom. The summed E-state index contributed by atoms with van der Waals surface area (Å²) >= 11 is 5.29. The van der Waals surface area contributed by atoms with Gasteiger partial charge in [0.2, 0.25) is 5.16 Å². The molecule has 3 rings (SSSR count). The number of benzene rings is 2. The van der Waals surface area contributed by atoms with Crippen LogP contribution in [0, 0.1) is 0 Å². The van der Waals surface area contributed by atoms with E-state index in [1.807, 2.05) is 56.3 Å². The maximum absolute atomic E-state index is 5.81. The van der Waals surface area contributed by atoms with Crippen molar-refractivity contribution < 1.29 is 9.47 Å². The Bertz CT molecular complexity index is 936. The zero-order chi connectivity index (χ0) is 21.3. The van der Waals surface area contributed by atoms with Crippen LogP contribution in [-0.4, -0.2) is 45.7 Å². The molecule has 7 nitrogen and oxygen atoms in total. The van der Waals surface area contributed by atoms with Crippen molar-refractivity contribution >= 4 is 27.7 Å². The second kappa shape index (κ2) is 11.3. The summed E-state index contributed by atoms with van der Waals surface area (Å²) in [6, 6.07) is 13.9. The average Bonchev–Trinajstić information content (AvgIpc) is 3.20. The lowest BCUT2D eigenvalue weighted by atomic mass is 10.2. The van der Waals surface area contributed by atoms with Crippen molar-refractivity contribution in [1.29, 1.82) is 0 Å². The van der Waals surface area contributed by atoms with Crippen LogP contribution in [0.2, 0.25) is 0 Å². The van der Waals surface area contributed by atoms with Crippen molar-refractivity contribution in [2.24, 2.45) is 0 Å². The second-order valence-electron chi connectivity index (χ2n) is 6.85. The van der Waals surface area contributed by atoms with E-state index in [9.17, 15) is 0 Å². The Morgan fingerprint density at radius 1 is 1.17 bits per heavy atom. The fourth-order valence-electron chi connectivity index (χ4n) is 2.80. The first-order chi connectivity index (χ1) is 14.6. The first-order valence-corrected chi connectivity index (χ1v) is 11.6. The summed E-state index contributed by atoms with van der Waals surface area (Å²) in [7, 11) is 1.66. The minimum atomic E-state index is 0.0927. The zero-order valence-corrected chi connectivity index (χ0v) is 19.7. The number of halogens is 1. The molecule has 0 fully saturated rings. The SMILES string of the molecule is COc1cc(CNCCCSc2nnnn2-c2ccccc2)c(Br)cc1OC(C)C. The Hall–Kier alpha value is -2.10. The molecule has 0 saturated heterocycles. The van der Waals surface area contributed by atoms with Crippen molar-refractivity contribution in [3.05, 3.63) is 52.5 Å². The molecule has 0 aliphatic heterocycles. The molecule has 0 saturated carbocycles. The molecule has 0 radical (unpaired) electrons. The third kappa shape index (κ3) is 6.20. The van der Waals surface area contributed by atoms with E-state index in [-0.39, 0.29) is 6.10 Å². The summed E-state index contributed by atoms with van der Waals surface area (Å²) < 4.78 is 14.1. The fourth-order valence-corrected chi connectivity index (χ4v) is 4.09. The highest BCUT2D eigenvalue weighted by Gasteiger charge is 2.12. The van der Waals surface area contributed by atoms with Crippen LogP contribution in [0.4, 0.5) is 0 Å². The topological polar surface area (TPSA) is 74.1 Å². The van der Waals surface area contributed by atoms with Crippen molar-refractivity contribution in [3.8, 4) is 17.2 Å². The highest BCUT2D eigenvalue weighted by molar-refractivity contribution is 9.10. The molecule has 0 unspecified atom stereocenters. The molecule has 9 heteroatoms. The van der Waals surface area contributed by atoms with Crippen molar-refractivity contribution in [2.45, 2.75) is 38.1 Å². The van der Waals surface area contributed by atoms with Crippen LogP contribution in [-0.2, 0) is 6.54 Å². The fraction of sp³-hybridized carbons (Fsp3) is 0.381. The number of thioether (sulfide) groups is 1. The maximum Gasteiger partial charge on any atom is 0.214 e. The number of rotatable bonds is 11. The minimum Gasteiger partial charge on any atom is -0.493 e. The highest BCUT2D eigenvalue weighted by Crippen LogP contribution is 2.34. The Labute approximate surface area is 189 Å². The summed E-state index contributed by atoms with van der Waals surface area (Å²) in [6.07, 6.45) is 1.09. The molecule has 0 aliphatic rings. The normalized spacial score (nSPS) is 11.1. The average molecular weight is 492 g/mol. The van der Waals surface area contributed by atoms with Gasteiger partial charge >= 0.3 is 0 Å². The number of para-hydroxylation sites is 1. The highest BCUT2D eigenvalue weighted by atomic mass is 79.9. The van der Waals surface area contributed by atoms with E-state index in [1.165, 1.54) is 0 Å². The standard InChI is InChI=1S/C21H26BrN5O2S/c1-15(2)29-20-13-18(22)16(12-19(20)28-3)14-23-10-7-11-30-21-24-25-26-27(21)17-8-5-4-6-9-17/h4-6,8-9,12-13,15,23H,7,10-11,14H2,1-3H3. The van der Waals surface area contributed by atoms with E-state index >= 15 is 0 Å². The second-order valence-corrected chi connectivity index (χ2v) is 8.77. The number of hydrogen-bond donors (Lipinski definition) is 1. The Balaban J connectivity index is 1.46. The van der Waals surface area contributed by atoms with Crippen molar-refractivity contribution in [2.75, 3.05) is 19.4 Å². The molecule has 0 aliphatic carbocycles. The van der Waals surface area contributed by atoms with Gasteiger partial charge in [-0.05, 0) is 67.1 Å². The van der Waals surface area contributed by atoms with Gasteiger partial charge in [0.1, 0.15) is 0 Å². The molecule has 0 amide bonds. The van der Waals surface area contributed by atoms with E-state index in [2.05, 4.69) is 36.8 Å². The van der Waals surface area contributed by atoms with Crippen LogP contribution >= 0.6 is 27.7 Å². The van der Waals surface area contributed by atoms with Crippen LogP contribution in [0.25, 0.3) is 5.69 Å². The third-order valence-corrected chi connectivity index (χ3v) is 5.93. The van der Waals surface area contributed by atoms with Gasteiger partial charge < -0.3 is 14.8 Å². The number of nitrogens with one attached hydrogen (secondary N) is 1. The van der Waals surface area contributed by atoms with E-state index in [1.54, 1.807) is 23.6 Å². The monoisotopic (exact) mass is 491 g/mol. The molecule has 2 aromatic carbocycles. The molecule has 0 bridgehead atoms. The number of nitrogens with zero attached hydrogens (tertiary/aromatic N) is 4. The van der Waals surface area contributed by atoms with Gasteiger partial charge in [-0.2, -0.15) is 4.68 Å². The number of hydrogen-bond acceptors (Lipinski definition) is 7. The molecule has 160 valence electrons. The lowest BCUT2D eigenvalue weighted by Gasteiger charge is -2.16. The van der Waals surface area contributed by atoms with Crippen LogP contribution in [0.15, 0.2) is 52.1 Å². The van der Waals surface area contributed by atoms with Gasteiger partial charge in [-0.25, -0.2) is 0 Å². The van der Waals surface area contributed by atoms with Gasteiger partial charge in [0, 0.05) is 16.8 Å². The van der Waals surface area contributed by atoms with Crippen molar-refractivity contribution in [1.82, 2.24) is 25.5 Å². The first kappa shape index (κ1) is 22.6. The van der Waals surface area contributed by atoms with Gasteiger partial charge in [0.05, 0.1) is 18.9 Å².